The Kier molecular flexibility index (Phi) is 5.27. The maximum Gasteiger partial charge on any atom is 0.457 e. The van der Waals surface area contributed by atoms with E-state index < -0.39 is 12.1 Å². The number of alkyl halides is 5. The summed E-state index contributed by atoms with van der Waals surface area (Å²) in [5.41, 5.74) is 0. The lowest BCUT2D eigenvalue weighted by Crippen LogP contribution is -2.34. The zero-order valence-corrected chi connectivity index (χ0v) is 9.07. The first-order valence-corrected chi connectivity index (χ1v) is 4.71. The molecule has 0 amide bonds. The number of hydrogen-bond donors (Lipinski definition) is 1. The monoisotopic (exact) mass is 330 g/mol. The van der Waals surface area contributed by atoms with Gasteiger partial charge in [0, 0.05) is 12.7 Å². The van der Waals surface area contributed by atoms with Gasteiger partial charge in [0.25, 0.3) is 0 Å². The van der Waals surface area contributed by atoms with Crippen molar-refractivity contribution in [1.29, 1.82) is 0 Å². The first-order valence-electron chi connectivity index (χ1n) is 3.63. The molecule has 84 valence electrons. The summed E-state index contributed by atoms with van der Waals surface area (Å²) in [6.45, 7) is -0.238. The molecule has 0 radical (unpaired) electrons. The maximum atomic E-state index is 12.3. The minimum absolute atomic E-state index is 0.0166. The molecule has 1 nitrogen and oxygen atoms in total. The van der Waals surface area contributed by atoms with Gasteiger partial charge in [-0.1, -0.05) is 0 Å². The van der Waals surface area contributed by atoms with Crippen LogP contribution in [0.2, 0.25) is 0 Å². The molecule has 0 aliphatic heterocycles. The van der Waals surface area contributed by atoms with Gasteiger partial charge in [0.2, 0.25) is 0 Å². The van der Waals surface area contributed by atoms with E-state index in [0.717, 1.165) is 0 Å². The average Bonchev–Trinajstić information content (AvgIpc) is 1.97. The van der Waals surface area contributed by atoms with E-state index in [4.69, 9.17) is 5.11 Å². The third-order valence-electron chi connectivity index (χ3n) is 1.29. The Labute approximate surface area is 91.1 Å². The van der Waals surface area contributed by atoms with Crippen molar-refractivity contribution in [2.75, 3.05) is 6.61 Å². The van der Waals surface area contributed by atoms with E-state index >= 15 is 0 Å². The zero-order chi connectivity index (χ0) is 11.4. The lowest BCUT2D eigenvalue weighted by atomic mass is 10.2. The van der Waals surface area contributed by atoms with Crippen LogP contribution in [-0.4, -0.2) is 23.8 Å². The van der Waals surface area contributed by atoms with Crippen LogP contribution < -0.4 is 0 Å². The van der Waals surface area contributed by atoms with Crippen LogP contribution >= 0.6 is 22.6 Å². The molecule has 0 bridgehead atoms. The molecule has 7 heteroatoms. The first kappa shape index (κ1) is 14.1. The molecule has 0 saturated heterocycles. The lowest BCUT2D eigenvalue weighted by Gasteiger charge is -2.16. The number of hydrogen-bond acceptors (Lipinski definition) is 1. The Bertz CT molecular complexity index is 211. The van der Waals surface area contributed by atoms with Crippen molar-refractivity contribution in [2.24, 2.45) is 0 Å². The van der Waals surface area contributed by atoms with Crippen molar-refractivity contribution < 1.29 is 27.1 Å². The van der Waals surface area contributed by atoms with Gasteiger partial charge in [0.05, 0.1) is 0 Å². The van der Waals surface area contributed by atoms with Gasteiger partial charge < -0.3 is 5.11 Å². The fourth-order valence-corrected chi connectivity index (χ4v) is 1.37. The third kappa shape index (κ3) is 4.54. The molecule has 0 aromatic heterocycles. The molecule has 1 N–H and O–H groups in total. The Morgan fingerprint density at radius 3 is 2.07 bits per heavy atom. The van der Waals surface area contributed by atoms with Crippen LogP contribution in [0.5, 0.6) is 0 Å². The summed E-state index contributed by atoms with van der Waals surface area (Å²) in [4.78, 5) is 0. The second kappa shape index (κ2) is 5.24. The van der Waals surface area contributed by atoms with E-state index in [0.29, 0.717) is 0 Å². The number of aliphatic hydroxyl groups is 1. The van der Waals surface area contributed by atoms with Gasteiger partial charge in [-0.25, -0.2) is 0 Å². The van der Waals surface area contributed by atoms with Crippen molar-refractivity contribution in [3.8, 4) is 0 Å². The summed E-state index contributed by atoms with van der Waals surface area (Å²) < 4.78 is 59.6. The van der Waals surface area contributed by atoms with Gasteiger partial charge in [-0.05, 0) is 39.0 Å². The SMILES string of the molecule is OCCCC(I)=CC(F)(F)C(F)(F)F. The maximum absolute atomic E-state index is 12.3. The molecule has 0 spiro atoms. The number of allylic oxidation sites excluding steroid dienone is 2. The lowest BCUT2D eigenvalue weighted by molar-refractivity contribution is -0.259. The van der Waals surface area contributed by atoms with Gasteiger partial charge >= 0.3 is 12.1 Å². The summed E-state index contributed by atoms with van der Waals surface area (Å²) in [6.07, 6.45) is -5.49. The van der Waals surface area contributed by atoms with E-state index in [2.05, 4.69) is 0 Å². The second-order valence-corrected chi connectivity index (χ2v) is 3.92. The highest BCUT2D eigenvalue weighted by atomic mass is 127. The average molecular weight is 330 g/mol. The van der Waals surface area contributed by atoms with Crippen molar-refractivity contribution in [2.45, 2.75) is 24.9 Å². The molecular weight excluding hydrogens is 322 g/mol. The molecule has 0 aromatic rings. The van der Waals surface area contributed by atoms with E-state index in [1.54, 1.807) is 0 Å². The summed E-state index contributed by atoms with van der Waals surface area (Å²) >= 11 is 1.40. The minimum atomic E-state index is -5.55. The van der Waals surface area contributed by atoms with Gasteiger partial charge in [0.1, 0.15) is 0 Å². The molecular formula is C7H8F5IO. The Balaban J connectivity index is 4.46. The van der Waals surface area contributed by atoms with Crippen molar-refractivity contribution in [1.82, 2.24) is 0 Å². The smallest absolute Gasteiger partial charge is 0.396 e. The Morgan fingerprint density at radius 2 is 1.71 bits per heavy atom. The zero-order valence-electron chi connectivity index (χ0n) is 6.91. The van der Waals surface area contributed by atoms with Gasteiger partial charge in [0.15, 0.2) is 0 Å². The summed E-state index contributed by atoms with van der Waals surface area (Å²) in [5.74, 6) is -4.79. The molecule has 0 aromatic carbocycles. The van der Waals surface area contributed by atoms with Crippen molar-refractivity contribution in [3.05, 3.63) is 9.66 Å². The second-order valence-electron chi connectivity index (χ2n) is 2.54. The highest BCUT2D eigenvalue weighted by Crippen LogP contribution is 2.38. The van der Waals surface area contributed by atoms with Gasteiger partial charge in [-0.15, -0.1) is 0 Å². The van der Waals surface area contributed by atoms with Crippen LogP contribution in [0.3, 0.4) is 0 Å². The Hall–Kier alpha value is 0.0800. The highest BCUT2D eigenvalue weighted by Gasteiger charge is 2.55. The molecule has 0 aliphatic rings. The van der Waals surface area contributed by atoms with E-state index in [1.165, 1.54) is 22.6 Å². The van der Waals surface area contributed by atoms with Crippen LogP contribution in [-0.2, 0) is 0 Å². The standard InChI is InChI=1S/C7H8F5IO/c8-6(9,7(10,11)12)4-5(13)2-1-3-14/h4,14H,1-3H2. The van der Waals surface area contributed by atoms with Crippen LogP contribution in [0.1, 0.15) is 12.8 Å². The van der Waals surface area contributed by atoms with Gasteiger partial charge in [-0.2, -0.15) is 22.0 Å². The van der Waals surface area contributed by atoms with E-state index in [1.807, 2.05) is 0 Å². The quantitative estimate of drug-likeness (QED) is 0.620. The predicted octanol–water partition coefficient (Wildman–Crippen LogP) is 3.28. The molecule has 14 heavy (non-hydrogen) atoms. The predicted molar refractivity (Wildman–Crippen MR) is 49.4 cm³/mol. The molecule has 0 rings (SSSR count). The largest absolute Gasteiger partial charge is 0.457 e. The Morgan fingerprint density at radius 1 is 1.21 bits per heavy atom. The minimum Gasteiger partial charge on any atom is -0.396 e. The highest BCUT2D eigenvalue weighted by molar-refractivity contribution is 14.1. The normalized spacial score (nSPS) is 14.6. The molecule has 0 unspecified atom stereocenters. The van der Waals surface area contributed by atoms with E-state index in [9.17, 15) is 22.0 Å². The number of halogens is 6. The van der Waals surface area contributed by atoms with Crippen molar-refractivity contribution in [3.63, 3.8) is 0 Å². The molecule has 0 aliphatic carbocycles. The van der Waals surface area contributed by atoms with Crippen molar-refractivity contribution >= 4 is 22.6 Å². The van der Waals surface area contributed by atoms with E-state index in [-0.39, 0.29) is 29.1 Å². The summed E-state index contributed by atoms with van der Waals surface area (Å²) in [5, 5.41) is 8.33. The summed E-state index contributed by atoms with van der Waals surface area (Å²) in [7, 11) is 0. The topological polar surface area (TPSA) is 20.2 Å². The fraction of sp³-hybridized carbons (Fsp3) is 0.714. The first-order chi connectivity index (χ1) is 6.20. The number of aliphatic hydroxyl groups excluding tert-OH is 1. The molecule has 0 saturated carbocycles. The molecule has 0 atom stereocenters. The third-order valence-corrected chi connectivity index (χ3v) is 2.14. The molecule has 0 fully saturated rings. The van der Waals surface area contributed by atoms with Crippen LogP contribution in [0.15, 0.2) is 9.66 Å². The summed E-state index contributed by atoms with van der Waals surface area (Å²) in [6, 6.07) is 0. The van der Waals surface area contributed by atoms with Gasteiger partial charge in [-0.3, -0.25) is 0 Å². The molecule has 0 heterocycles. The van der Waals surface area contributed by atoms with Crippen LogP contribution in [0, 0.1) is 0 Å². The fourth-order valence-electron chi connectivity index (χ4n) is 0.599. The van der Waals surface area contributed by atoms with Crippen LogP contribution in [0.4, 0.5) is 22.0 Å². The number of rotatable bonds is 4. The van der Waals surface area contributed by atoms with Crippen LogP contribution in [0.25, 0.3) is 0 Å².